The van der Waals surface area contributed by atoms with E-state index in [0.717, 1.165) is 23.4 Å². The molecule has 0 fully saturated rings. The van der Waals surface area contributed by atoms with Crippen LogP contribution in [0.3, 0.4) is 0 Å². The minimum Gasteiger partial charge on any atom is -0.345 e. The molecule has 4 aromatic rings. The summed E-state index contributed by atoms with van der Waals surface area (Å²) in [7, 11) is 0. The van der Waals surface area contributed by atoms with Gasteiger partial charge in [0.2, 0.25) is 0 Å². The molecule has 4 rings (SSSR count). The Balaban J connectivity index is 1.54. The standard InChI is InChI=1S/C27H23F3N4O3/c28-27(29,30)22-9-4-8-21(16-22)18-32-15-5-10-25(32)19-33(17-20-6-2-1-3-7-20)26(35)31-23-11-13-24(14-12-23)34(36)37/h1-16H,17-19H2,(H,31,35). The fraction of sp³-hybridized carbons (Fsp3) is 0.148. The monoisotopic (exact) mass is 508 g/mol. The van der Waals surface area contributed by atoms with Crippen LogP contribution in [0.25, 0.3) is 0 Å². The number of nitro groups is 1. The van der Waals surface area contributed by atoms with Crippen LogP contribution in [0.5, 0.6) is 0 Å². The summed E-state index contributed by atoms with van der Waals surface area (Å²) in [6.07, 6.45) is -2.68. The lowest BCUT2D eigenvalue weighted by Crippen LogP contribution is -2.34. The molecule has 0 aliphatic carbocycles. The third-order valence-electron chi connectivity index (χ3n) is 5.72. The summed E-state index contributed by atoms with van der Waals surface area (Å²) in [5.74, 6) is 0. The number of carbonyl (C=O) groups excluding carboxylic acids is 1. The molecule has 1 N–H and O–H groups in total. The first kappa shape index (κ1) is 25.5. The van der Waals surface area contributed by atoms with Crippen molar-refractivity contribution < 1.29 is 22.9 Å². The highest BCUT2D eigenvalue weighted by Gasteiger charge is 2.30. The van der Waals surface area contributed by atoms with E-state index in [9.17, 15) is 28.1 Å². The number of hydrogen-bond donors (Lipinski definition) is 1. The number of nitrogens with zero attached hydrogens (tertiary/aromatic N) is 3. The van der Waals surface area contributed by atoms with Crippen LogP contribution in [-0.2, 0) is 25.8 Å². The molecule has 7 nitrogen and oxygen atoms in total. The van der Waals surface area contributed by atoms with E-state index in [1.165, 1.54) is 30.3 Å². The Hall–Kier alpha value is -4.60. The fourth-order valence-corrected chi connectivity index (χ4v) is 3.86. The highest BCUT2D eigenvalue weighted by atomic mass is 19.4. The Kier molecular flexibility index (Phi) is 7.57. The van der Waals surface area contributed by atoms with Crippen LogP contribution in [0.4, 0.5) is 29.3 Å². The van der Waals surface area contributed by atoms with E-state index in [0.29, 0.717) is 11.3 Å². The highest BCUT2D eigenvalue weighted by molar-refractivity contribution is 5.89. The average Bonchev–Trinajstić information content (AvgIpc) is 3.30. The highest BCUT2D eigenvalue weighted by Crippen LogP contribution is 2.30. The van der Waals surface area contributed by atoms with Crippen molar-refractivity contribution in [3.63, 3.8) is 0 Å². The molecular weight excluding hydrogens is 485 g/mol. The van der Waals surface area contributed by atoms with E-state index in [1.807, 2.05) is 36.4 Å². The molecule has 2 amide bonds. The summed E-state index contributed by atoms with van der Waals surface area (Å²) in [5, 5.41) is 13.7. The Morgan fingerprint density at radius 2 is 1.59 bits per heavy atom. The van der Waals surface area contributed by atoms with Crippen LogP contribution in [0.1, 0.15) is 22.4 Å². The van der Waals surface area contributed by atoms with Gasteiger partial charge in [-0.3, -0.25) is 10.1 Å². The first-order valence-corrected chi connectivity index (χ1v) is 11.3. The zero-order valence-electron chi connectivity index (χ0n) is 19.6. The quantitative estimate of drug-likeness (QED) is 0.213. The lowest BCUT2D eigenvalue weighted by atomic mass is 10.1. The maximum atomic E-state index is 13.2. The average molecular weight is 509 g/mol. The number of urea groups is 1. The van der Waals surface area contributed by atoms with Gasteiger partial charge < -0.3 is 14.8 Å². The first-order valence-electron chi connectivity index (χ1n) is 11.3. The van der Waals surface area contributed by atoms with Gasteiger partial charge >= 0.3 is 12.2 Å². The number of nitrogens with one attached hydrogen (secondary N) is 1. The Morgan fingerprint density at radius 3 is 2.27 bits per heavy atom. The molecule has 0 saturated carbocycles. The van der Waals surface area contributed by atoms with Gasteiger partial charge in [-0.1, -0.05) is 42.5 Å². The van der Waals surface area contributed by atoms with E-state index >= 15 is 0 Å². The van der Waals surface area contributed by atoms with Gasteiger partial charge in [0.05, 0.1) is 17.0 Å². The predicted octanol–water partition coefficient (Wildman–Crippen LogP) is 6.70. The van der Waals surface area contributed by atoms with Crippen LogP contribution in [0, 0.1) is 10.1 Å². The lowest BCUT2D eigenvalue weighted by Gasteiger charge is -2.24. The molecule has 0 spiro atoms. The van der Waals surface area contributed by atoms with Gasteiger partial charge in [-0.25, -0.2) is 4.79 Å². The van der Waals surface area contributed by atoms with E-state index in [2.05, 4.69) is 5.32 Å². The zero-order valence-corrected chi connectivity index (χ0v) is 19.6. The van der Waals surface area contributed by atoms with E-state index in [4.69, 9.17) is 0 Å². The molecule has 0 saturated heterocycles. The maximum absolute atomic E-state index is 13.2. The molecule has 190 valence electrons. The van der Waals surface area contributed by atoms with E-state index < -0.39 is 22.7 Å². The van der Waals surface area contributed by atoms with Crippen molar-refractivity contribution in [1.29, 1.82) is 0 Å². The minimum absolute atomic E-state index is 0.0911. The van der Waals surface area contributed by atoms with Gasteiger partial charge in [0, 0.05) is 42.8 Å². The third-order valence-corrected chi connectivity index (χ3v) is 5.72. The largest absolute Gasteiger partial charge is 0.416 e. The summed E-state index contributed by atoms with van der Waals surface area (Å²) in [5.41, 5.74) is 1.69. The van der Waals surface area contributed by atoms with Gasteiger partial charge in [-0.15, -0.1) is 0 Å². The number of rotatable bonds is 8. The predicted molar refractivity (Wildman–Crippen MR) is 133 cm³/mol. The van der Waals surface area contributed by atoms with Crippen LogP contribution in [-0.4, -0.2) is 20.4 Å². The van der Waals surface area contributed by atoms with E-state index in [-0.39, 0.29) is 25.3 Å². The van der Waals surface area contributed by atoms with Crippen LogP contribution in [0.2, 0.25) is 0 Å². The van der Waals surface area contributed by atoms with Gasteiger partial charge in [0.25, 0.3) is 5.69 Å². The summed E-state index contributed by atoms with van der Waals surface area (Å²) >= 11 is 0. The number of non-ortho nitro benzene ring substituents is 1. The normalized spacial score (nSPS) is 11.2. The number of carbonyl (C=O) groups is 1. The van der Waals surface area contributed by atoms with Crippen LogP contribution in [0.15, 0.2) is 97.2 Å². The number of aromatic nitrogens is 1. The van der Waals surface area contributed by atoms with Crippen molar-refractivity contribution in [2.24, 2.45) is 0 Å². The Morgan fingerprint density at radius 1 is 0.892 bits per heavy atom. The number of nitro benzene ring substituents is 1. The topological polar surface area (TPSA) is 80.4 Å². The first-order chi connectivity index (χ1) is 17.7. The number of benzene rings is 3. The van der Waals surface area contributed by atoms with Crippen molar-refractivity contribution in [1.82, 2.24) is 9.47 Å². The second kappa shape index (κ2) is 11.0. The van der Waals surface area contributed by atoms with E-state index in [1.54, 1.807) is 27.8 Å². The molecule has 1 heterocycles. The Labute approximate surface area is 210 Å². The molecule has 0 unspecified atom stereocenters. The summed E-state index contributed by atoms with van der Waals surface area (Å²) in [4.78, 5) is 25.2. The van der Waals surface area contributed by atoms with Gasteiger partial charge in [0.15, 0.2) is 0 Å². The number of alkyl halides is 3. The molecule has 0 atom stereocenters. The number of anilines is 1. The summed E-state index contributed by atoms with van der Waals surface area (Å²) < 4.78 is 41.2. The molecule has 37 heavy (non-hydrogen) atoms. The van der Waals surface area contributed by atoms with Crippen molar-refractivity contribution in [3.8, 4) is 0 Å². The third kappa shape index (κ3) is 6.75. The molecule has 0 bridgehead atoms. The zero-order chi connectivity index (χ0) is 26.4. The maximum Gasteiger partial charge on any atom is 0.416 e. The number of hydrogen-bond acceptors (Lipinski definition) is 3. The van der Waals surface area contributed by atoms with Gasteiger partial charge in [-0.05, 0) is 47.5 Å². The SMILES string of the molecule is O=C(Nc1ccc([N+](=O)[O-])cc1)N(Cc1ccccc1)Cc1cccn1Cc1cccc(C(F)(F)F)c1. The van der Waals surface area contributed by atoms with Gasteiger partial charge in [0.1, 0.15) is 0 Å². The molecule has 0 aliphatic rings. The van der Waals surface area contributed by atoms with Crippen LogP contribution >= 0.6 is 0 Å². The number of amides is 2. The minimum atomic E-state index is -4.43. The van der Waals surface area contributed by atoms with Crippen molar-refractivity contribution in [3.05, 3.63) is 130 Å². The smallest absolute Gasteiger partial charge is 0.345 e. The van der Waals surface area contributed by atoms with Crippen molar-refractivity contribution in [2.45, 2.75) is 25.8 Å². The second-order valence-electron chi connectivity index (χ2n) is 8.40. The molecule has 0 aliphatic heterocycles. The van der Waals surface area contributed by atoms with Crippen molar-refractivity contribution in [2.75, 3.05) is 5.32 Å². The summed E-state index contributed by atoms with van der Waals surface area (Å²) in [6, 6.07) is 23.2. The molecular formula is C27H23F3N4O3. The van der Waals surface area contributed by atoms with Gasteiger partial charge in [-0.2, -0.15) is 13.2 Å². The van der Waals surface area contributed by atoms with Crippen molar-refractivity contribution >= 4 is 17.4 Å². The fourth-order valence-electron chi connectivity index (χ4n) is 3.86. The summed E-state index contributed by atoms with van der Waals surface area (Å²) in [6.45, 7) is 0.656. The lowest BCUT2D eigenvalue weighted by molar-refractivity contribution is -0.384. The molecule has 1 aromatic heterocycles. The molecule has 0 radical (unpaired) electrons. The van der Waals surface area contributed by atoms with Crippen LogP contribution < -0.4 is 5.32 Å². The molecule has 3 aromatic carbocycles. The number of halogens is 3. The second-order valence-corrected chi connectivity index (χ2v) is 8.40. The Bertz CT molecular complexity index is 1370. The molecule has 10 heteroatoms.